The zero-order valence-corrected chi connectivity index (χ0v) is 15.3. The first-order valence-corrected chi connectivity index (χ1v) is 9.27. The van der Waals surface area contributed by atoms with Crippen molar-refractivity contribution in [2.24, 2.45) is 0 Å². The number of imidazole rings is 1. The highest BCUT2D eigenvalue weighted by Gasteiger charge is 2.17. The van der Waals surface area contributed by atoms with Gasteiger partial charge in [-0.25, -0.2) is 4.98 Å². The first-order valence-electron chi connectivity index (χ1n) is 8.48. The van der Waals surface area contributed by atoms with Gasteiger partial charge in [0.1, 0.15) is 5.82 Å². The SMILES string of the molecule is CC(=O)c1c(CCc2cn3c(n2)CCCC3)[nH]c2cc(Br)ccc12. The van der Waals surface area contributed by atoms with E-state index in [0.29, 0.717) is 0 Å². The molecule has 0 amide bonds. The van der Waals surface area contributed by atoms with Crippen molar-refractivity contribution in [2.45, 2.75) is 45.6 Å². The zero-order valence-electron chi connectivity index (χ0n) is 13.7. The maximum Gasteiger partial charge on any atom is 0.162 e. The topological polar surface area (TPSA) is 50.7 Å². The summed E-state index contributed by atoms with van der Waals surface area (Å²) in [6.07, 6.45) is 7.40. The van der Waals surface area contributed by atoms with Crippen LogP contribution in [0.4, 0.5) is 0 Å². The third-order valence-electron chi connectivity index (χ3n) is 4.78. The van der Waals surface area contributed by atoms with Crippen LogP contribution >= 0.6 is 15.9 Å². The average Bonchev–Trinajstić information content (AvgIpc) is 3.12. The molecule has 0 radical (unpaired) electrons. The molecule has 0 saturated heterocycles. The summed E-state index contributed by atoms with van der Waals surface area (Å²) in [5, 5.41) is 1.00. The molecular weight excluding hydrogens is 366 g/mol. The van der Waals surface area contributed by atoms with Crippen molar-refractivity contribution in [2.75, 3.05) is 0 Å². The number of halogens is 1. The van der Waals surface area contributed by atoms with Gasteiger partial charge in [0.2, 0.25) is 0 Å². The maximum atomic E-state index is 12.1. The van der Waals surface area contributed by atoms with E-state index in [2.05, 4.69) is 31.7 Å². The number of carbonyl (C=O) groups is 1. The Morgan fingerprint density at radius 1 is 1.33 bits per heavy atom. The normalized spacial score (nSPS) is 14.1. The molecule has 1 aliphatic rings. The van der Waals surface area contributed by atoms with Crippen LogP contribution in [-0.4, -0.2) is 20.3 Å². The molecular formula is C19H20BrN3O. The number of ketones is 1. The maximum absolute atomic E-state index is 12.1. The first-order chi connectivity index (χ1) is 11.6. The van der Waals surface area contributed by atoms with Gasteiger partial charge in [-0.3, -0.25) is 4.79 Å². The van der Waals surface area contributed by atoms with Gasteiger partial charge in [-0.2, -0.15) is 0 Å². The lowest BCUT2D eigenvalue weighted by Crippen LogP contribution is -2.08. The molecule has 1 N–H and O–H groups in total. The molecule has 4 rings (SSSR count). The molecule has 2 aromatic heterocycles. The lowest BCUT2D eigenvalue weighted by atomic mass is 10.0. The standard InChI is InChI=1S/C19H20BrN3O/c1-12(24)19-15-7-5-13(20)10-17(15)22-16(19)8-6-14-11-23-9-3-2-4-18(23)21-14/h5,7,10-11,22H,2-4,6,8-9H2,1H3. The summed E-state index contributed by atoms with van der Waals surface area (Å²) in [5.74, 6) is 1.33. The van der Waals surface area contributed by atoms with Gasteiger partial charge in [-0.15, -0.1) is 0 Å². The summed E-state index contributed by atoms with van der Waals surface area (Å²) in [6, 6.07) is 6.02. The number of aromatic nitrogens is 3. The third kappa shape index (κ3) is 2.81. The van der Waals surface area contributed by atoms with Gasteiger partial charge in [0.25, 0.3) is 0 Å². The van der Waals surface area contributed by atoms with Gasteiger partial charge >= 0.3 is 0 Å². The minimum atomic E-state index is 0.114. The average molecular weight is 386 g/mol. The zero-order chi connectivity index (χ0) is 16.7. The highest BCUT2D eigenvalue weighted by atomic mass is 79.9. The fourth-order valence-electron chi connectivity index (χ4n) is 3.66. The molecule has 0 saturated carbocycles. The Morgan fingerprint density at radius 2 is 2.21 bits per heavy atom. The predicted octanol–water partition coefficient (Wildman–Crippen LogP) is 4.45. The van der Waals surface area contributed by atoms with Crippen LogP contribution in [0.5, 0.6) is 0 Å². The van der Waals surface area contributed by atoms with Gasteiger partial charge in [-0.1, -0.05) is 22.0 Å². The molecule has 0 spiro atoms. The van der Waals surface area contributed by atoms with Crippen LogP contribution in [0.25, 0.3) is 10.9 Å². The first kappa shape index (κ1) is 15.6. The summed E-state index contributed by atoms with van der Waals surface area (Å²) in [6.45, 7) is 2.73. The highest BCUT2D eigenvalue weighted by molar-refractivity contribution is 9.10. The molecule has 0 bridgehead atoms. The lowest BCUT2D eigenvalue weighted by molar-refractivity contribution is 0.101. The van der Waals surface area contributed by atoms with Crippen molar-refractivity contribution in [3.8, 4) is 0 Å². The molecule has 1 aromatic carbocycles. The number of hydrogen-bond acceptors (Lipinski definition) is 2. The van der Waals surface area contributed by atoms with E-state index >= 15 is 0 Å². The van der Waals surface area contributed by atoms with E-state index in [1.165, 1.54) is 18.7 Å². The van der Waals surface area contributed by atoms with E-state index in [9.17, 15) is 4.79 Å². The number of fused-ring (bicyclic) bond motifs is 2. The third-order valence-corrected chi connectivity index (χ3v) is 5.27. The second-order valence-electron chi connectivity index (χ2n) is 6.52. The Morgan fingerprint density at radius 3 is 3.00 bits per heavy atom. The molecule has 3 aromatic rings. The monoisotopic (exact) mass is 385 g/mol. The van der Waals surface area contributed by atoms with Crippen LogP contribution in [-0.2, 0) is 25.8 Å². The van der Waals surface area contributed by atoms with Crippen molar-refractivity contribution in [3.05, 3.63) is 51.6 Å². The van der Waals surface area contributed by atoms with E-state index in [1.807, 2.05) is 18.2 Å². The lowest BCUT2D eigenvalue weighted by Gasteiger charge is -2.11. The number of nitrogens with zero attached hydrogens (tertiary/aromatic N) is 2. The Balaban J connectivity index is 1.63. The highest BCUT2D eigenvalue weighted by Crippen LogP contribution is 2.27. The van der Waals surface area contributed by atoms with Crippen molar-refractivity contribution in [1.82, 2.24) is 14.5 Å². The van der Waals surface area contributed by atoms with E-state index in [4.69, 9.17) is 4.98 Å². The van der Waals surface area contributed by atoms with Crippen molar-refractivity contribution < 1.29 is 4.79 Å². The Hall–Kier alpha value is -1.88. The van der Waals surface area contributed by atoms with Crippen LogP contribution in [0.1, 0.15) is 47.3 Å². The van der Waals surface area contributed by atoms with Crippen LogP contribution < -0.4 is 0 Å². The summed E-state index contributed by atoms with van der Waals surface area (Å²) in [5.41, 5.74) is 3.97. The molecule has 3 heterocycles. The van der Waals surface area contributed by atoms with Gasteiger partial charge in [0.15, 0.2) is 5.78 Å². The molecule has 1 aliphatic heterocycles. The number of H-pyrrole nitrogens is 1. The Labute approximate surface area is 149 Å². The molecule has 0 unspecified atom stereocenters. The summed E-state index contributed by atoms with van der Waals surface area (Å²) >= 11 is 3.49. The minimum absolute atomic E-state index is 0.114. The van der Waals surface area contributed by atoms with Crippen LogP contribution in [0.2, 0.25) is 0 Å². The minimum Gasteiger partial charge on any atom is -0.358 e. The molecule has 4 nitrogen and oxygen atoms in total. The van der Waals surface area contributed by atoms with Gasteiger partial charge in [0, 0.05) is 45.8 Å². The second kappa shape index (κ2) is 6.20. The number of benzene rings is 1. The van der Waals surface area contributed by atoms with E-state index in [0.717, 1.165) is 58.1 Å². The van der Waals surface area contributed by atoms with E-state index in [1.54, 1.807) is 6.92 Å². The molecule has 124 valence electrons. The summed E-state index contributed by atoms with van der Waals surface area (Å²) in [4.78, 5) is 20.3. The number of aromatic amines is 1. The van der Waals surface area contributed by atoms with Crippen molar-refractivity contribution >= 4 is 32.6 Å². The summed E-state index contributed by atoms with van der Waals surface area (Å²) < 4.78 is 3.30. The second-order valence-corrected chi connectivity index (χ2v) is 7.44. The number of Topliss-reactive ketones (excluding diaryl/α,β-unsaturated/α-hetero) is 1. The molecule has 0 atom stereocenters. The van der Waals surface area contributed by atoms with Crippen LogP contribution in [0.15, 0.2) is 28.9 Å². The van der Waals surface area contributed by atoms with Crippen molar-refractivity contribution in [3.63, 3.8) is 0 Å². The van der Waals surface area contributed by atoms with E-state index in [-0.39, 0.29) is 5.78 Å². The number of rotatable bonds is 4. The largest absolute Gasteiger partial charge is 0.358 e. The number of nitrogens with one attached hydrogen (secondary N) is 1. The molecule has 0 fully saturated rings. The van der Waals surface area contributed by atoms with Crippen LogP contribution in [0, 0.1) is 0 Å². The predicted molar refractivity (Wildman–Crippen MR) is 98.6 cm³/mol. The number of aryl methyl sites for hydroxylation is 4. The molecule has 24 heavy (non-hydrogen) atoms. The Bertz CT molecular complexity index is 899. The molecule has 5 heteroatoms. The van der Waals surface area contributed by atoms with Gasteiger partial charge in [-0.05, 0) is 44.7 Å². The fraction of sp³-hybridized carbons (Fsp3) is 0.368. The quantitative estimate of drug-likeness (QED) is 0.674. The summed E-state index contributed by atoms with van der Waals surface area (Å²) in [7, 11) is 0. The fourth-order valence-corrected chi connectivity index (χ4v) is 4.02. The van der Waals surface area contributed by atoms with E-state index < -0.39 is 0 Å². The number of hydrogen-bond donors (Lipinski definition) is 1. The number of carbonyl (C=O) groups excluding carboxylic acids is 1. The van der Waals surface area contributed by atoms with Crippen molar-refractivity contribution in [1.29, 1.82) is 0 Å². The van der Waals surface area contributed by atoms with Crippen LogP contribution in [0.3, 0.4) is 0 Å². The Kier molecular flexibility index (Phi) is 4.04. The molecule has 0 aliphatic carbocycles. The van der Waals surface area contributed by atoms with Gasteiger partial charge in [0.05, 0.1) is 5.69 Å². The van der Waals surface area contributed by atoms with Gasteiger partial charge < -0.3 is 9.55 Å². The smallest absolute Gasteiger partial charge is 0.162 e.